The Bertz CT molecular complexity index is 1120. The minimum absolute atomic E-state index is 0.742. The second-order valence-electron chi connectivity index (χ2n) is 10.1. The number of nitrogens with one attached hydrogen (secondary N) is 3. The van der Waals surface area contributed by atoms with E-state index >= 15 is 0 Å². The molecule has 0 fully saturated rings. The van der Waals surface area contributed by atoms with Gasteiger partial charge in [-0.05, 0) is 69.4 Å². The summed E-state index contributed by atoms with van der Waals surface area (Å²) >= 11 is 0. The largest absolute Gasteiger partial charge is 0.348 e. The molecule has 0 saturated carbocycles. The third kappa shape index (κ3) is 7.76. The number of nitrogens with zero attached hydrogens (tertiary/aromatic N) is 5. The van der Waals surface area contributed by atoms with Crippen molar-refractivity contribution in [2.45, 2.75) is 85.5 Å². The van der Waals surface area contributed by atoms with Gasteiger partial charge in [0, 0.05) is 37.8 Å². The summed E-state index contributed by atoms with van der Waals surface area (Å²) in [5, 5.41) is 0. The van der Waals surface area contributed by atoms with Crippen LogP contribution in [0.25, 0.3) is 11.0 Å². The van der Waals surface area contributed by atoms with Crippen molar-refractivity contribution in [3.8, 4) is 0 Å². The van der Waals surface area contributed by atoms with Gasteiger partial charge in [-0.3, -0.25) is 4.90 Å². The third-order valence-corrected chi connectivity index (χ3v) is 6.89. The minimum Gasteiger partial charge on any atom is -0.348 e. The summed E-state index contributed by atoms with van der Waals surface area (Å²) in [5.41, 5.74) is 3.84. The smallest absolute Gasteiger partial charge is 0.255 e. The molecule has 37 heavy (non-hydrogen) atoms. The van der Waals surface area contributed by atoms with Gasteiger partial charge in [-0.1, -0.05) is 26.8 Å². The molecule has 0 spiro atoms. The zero-order chi connectivity index (χ0) is 25.9. The Morgan fingerprint density at radius 3 is 2.08 bits per heavy atom. The number of unbranched alkanes of at least 4 members (excludes halogenated alkanes) is 1. The molecular weight excluding hydrogens is 460 g/mol. The normalized spacial score (nSPS) is 11.9. The lowest BCUT2D eigenvalue weighted by Gasteiger charge is -2.20. The van der Waals surface area contributed by atoms with E-state index in [1.54, 1.807) is 0 Å². The van der Waals surface area contributed by atoms with Crippen LogP contribution in [0.4, 0.5) is 0 Å². The van der Waals surface area contributed by atoms with Crippen LogP contribution >= 0.6 is 0 Å². The fourth-order valence-electron chi connectivity index (χ4n) is 5.26. The summed E-state index contributed by atoms with van der Waals surface area (Å²) in [6.45, 7) is 13.8. The molecule has 0 aliphatic rings. The molecule has 8 heteroatoms. The van der Waals surface area contributed by atoms with E-state index in [0.717, 1.165) is 50.7 Å². The molecule has 0 bridgehead atoms. The lowest BCUT2D eigenvalue weighted by atomic mass is 10.1. The van der Waals surface area contributed by atoms with E-state index in [0.29, 0.717) is 0 Å². The summed E-state index contributed by atoms with van der Waals surface area (Å²) < 4.78 is 2.51. The Morgan fingerprint density at radius 1 is 0.784 bits per heavy atom. The van der Waals surface area contributed by atoms with Crippen molar-refractivity contribution in [2.24, 2.45) is 0 Å². The van der Waals surface area contributed by atoms with Crippen LogP contribution in [-0.4, -0.2) is 54.4 Å². The quantitative estimate of drug-likeness (QED) is 0.140. The highest BCUT2D eigenvalue weighted by atomic mass is 15.2. The average Bonchev–Trinajstić information content (AvgIpc) is 3.65. The molecule has 0 saturated heterocycles. The molecular formula is C29H45N8+. The van der Waals surface area contributed by atoms with E-state index in [-0.39, 0.29) is 0 Å². The second-order valence-corrected chi connectivity index (χ2v) is 10.1. The number of imidazole rings is 3. The van der Waals surface area contributed by atoms with Crippen LogP contribution in [0.1, 0.15) is 75.9 Å². The highest BCUT2D eigenvalue weighted by Gasteiger charge is 2.19. The maximum absolute atomic E-state index is 4.45. The Kier molecular flexibility index (Phi) is 10.3. The van der Waals surface area contributed by atoms with Gasteiger partial charge >= 0.3 is 0 Å². The first-order chi connectivity index (χ1) is 18.2. The molecule has 1 aromatic carbocycles. The molecule has 0 atom stereocenters. The number of aryl methyl sites for hydroxylation is 2. The maximum atomic E-state index is 4.45. The summed E-state index contributed by atoms with van der Waals surface area (Å²) in [6.07, 6.45) is 14.5. The van der Waals surface area contributed by atoms with E-state index in [4.69, 9.17) is 0 Å². The van der Waals surface area contributed by atoms with E-state index in [1.165, 1.54) is 67.7 Å². The van der Waals surface area contributed by atoms with Crippen molar-refractivity contribution in [2.75, 3.05) is 19.6 Å². The van der Waals surface area contributed by atoms with Gasteiger partial charge in [0.05, 0.1) is 19.6 Å². The number of benzene rings is 1. The monoisotopic (exact) mass is 505 g/mol. The molecule has 200 valence electrons. The highest BCUT2D eigenvalue weighted by Crippen LogP contribution is 2.17. The van der Waals surface area contributed by atoms with Gasteiger partial charge in [0.2, 0.25) is 0 Å². The Labute approximate surface area is 221 Å². The van der Waals surface area contributed by atoms with Crippen molar-refractivity contribution in [3.63, 3.8) is 0 Å². The average molecular weight is 506 g/mol. The van der Waals surface area contributed by atoms with E-state index in [9.17, 15) is 0 Å². The van der Waals surface area contributed by atoms with Crippen LogP contribution in [0.15, 0.2) is 43.0 Å². The fraction of sp³-hybridized carbons (Fsp3) is 0.552. The van der Waals surface area contributed by atoms with Gasteiger partial charge in [-0.25, -0.2) is 19.5 Å². The lowest BCUT2D eigenvalue weighted by Crippen LogP contribution is -2.37. The van der Waals surface area contributed by atoms with Crippen molar-refractivity contribution in [3.05, 3.63) is 66.0 Å². The SMILES string of the molecule is CCCN(CCC)CCCCc1[nH]c2ccc(CN(Cc3ncc[nH]3)Cc3ncc[nH]3)cc2[n+]1CCC. The van der Waals surface area contributed by atoms with Gasteiger partial charge in [0.15, 0.2) is 11.0 Å². The third-order valence-electron chi connectivity index (χ3n) is 6.89. The van der Waals surface area contributed by atoms with Crippen LogP contribution in [0.3, 0.4) is 0 Å². The molecule has 4 rings (SSSR count). The van der Waals surface area contributed by atoms with Crippen LogP contribution < -0.4 is 4.57 Å². The number of H-pyrrole nitrogens is 3. The topological polar surface area (TPSA) is 83.5 Å². The molecule has 3 heterocycles. The number of aromatic nitrogens is 6. The van der Waals surface area contributed by atoms with Crippen molar-refractivity contribution >= 4 is 11.0 Å². The molecule has 0 aliphatic carbocycles. The molecule has 0 radical (unpaired) electrons. The van der Waals surface area contributed by atoms with Crippen LogP contribution in [-0.2, 0) is 32.6 Å². The number of hydrogen-bond donors (Lipinski definition) is 3. The van der Waals surface area contributed by atoms with Crippen LogP contribution in [0.5, 0.6) is 0 Å². The second kappa shape index (κ2) is 14.1. The van der Waals surface area contributed by atoms with Crippen molar-refractivity contribution in [1.29, 1.82) is 0 Å². The minimum atomic E-state index is 0.742. The van der Waals surface area contributed by atoms with Gasteiger partial charge < -0.3 is 14.9 Å². The lowest BCUT2D eigenvalue weighted by molar-refractivity contribution is -0.678. The molecule has 3 N–H and O–H groups in total. The molecule has 4 aromatic rings. The van der Waals surface area contributed by atoms with E-state index in [1.807, 2.05) is 24.8 Å². The van der Waals surface area contributed by atoms with Gasteiger partial charge in [0.1, 0.15) is 11.6 Å². The van der Waals surface area contributed by atoms with Gasteiger partial charge in [-0.2, -0.15) is 0 Å². The Balaban J connectivity index is 1.46. The maximum Gasteiger partial charge on any atom is 0.255 e. The zero-order valence-electron chi connectivity index (χ0n) is 23.0. The summed E-state index contributed by atoms with van der Waals surface area (Å²) in [4.78, 5) is 24.1. The number of aromatic amines is 3. The molecule has 0 unspecified atom stereocenters. The van der Waals surface area contributed by atoms with E-state index in [2.05, 4.69) is 78.3 Å². The number of rotatable bonds is 17. The van der Waals surface area contributed by atoms with Crippen LogP contribution in [0, 0.1) is 0 Å². The van der Waals surface area contributed by atoms with Crippen molar-refractivity contribution in [1.82, 2.24) is 34.7 Å². The Hall–Kier alpha value is -2.97. The summed E-state index contributed by atoms with van der Waals surface area (Å²) in [5.74, 6) is 3.29. The summed E-state index contributed by atoms with van der Waals surface area (Å²) in [6, 6.07) is 6.87. The number of fused-ring (bicyclic) bond motifs is 1. The first kappa shape index (κ1) is 27.1. The first-order valence-corrected chi connectivity index (χ1v) is 14.1. The first-order valence-electron chi connectivity index (χ1n) is 14.1. The Morgan fingerprint density at radius 2 is 1.49 bits per heavy atom. The molecule has 0 amide bonds. The molecule has 3 aromatic heterocycles. The molecule has 0 aliphatic heterocycles. The fourth-order valence-corrected chi connectivity index (χ4v) is 5.26. The predicted octanol–water partition coefficient (Wildman–Crippen LogP) is 4.96. The number of hydrogen-bond acceptors (Lipinski definition) is 4. The van der Waals surface area contributed by atoms with Crippen molar-refractivity contribution < 1.29 is 4.57 Å². The highest BCUT2D eigenvalue weighted by molar-refractivity contribution is 5.72. The zero-order valence-corrected chi connectivity index (χ0v) is 23.0. The van der Waals surface area contributed by atoms with Gasteiger partial charge in [0.25, 0.3) is 5.82 Å². The van der Waals surface area contributed by atoms with Gasteiger partial charge in [-0.15, -0.1) is 0 Å². The molecule has 8 nitrogen and oxygen atoms in total. The van der Waals surface area contributed by atoms with E-state index < -0.39 is 0 Å². The van der Waals surface area contributed by atoms with Crippen LogP contribution in [0.2, 0.25) is 0 Å². The standard InChI is InChI=1S/C29H44N8/c1-4-16-35(17-5-2)19-8-7-9-29-34-25-11-10-24(20-26(25)37(29)18-6-3)21-36(22-27-30-12-13-31-27)23-28-32-14-15-33-28/h10-15,20H,4-9,16-19,21-23H2,1-3H3,(H2,30,31,32,33)/p+1. The predicted molar refractivity (Wildman–Crippen MR) is 149 cm³/mol. The summed E-state index contributed by atoms with van der Waals surface area (Å²) in [7, 11) is 0.